The number of thioether (sulfide) groups is 1. The number of rotatable bonds is 4. The van der Waals surface area contributed by atoms with Crippen molar-refractivity contribution in [3.63, 3.8) is 0 Å². The first-order valence-electron chi connectivity index (χ1n) is 8.52. The van der Waals surface area contributed by atoms with Crippen molar-refractivity contribution in [2.45, 2.75) is 44.1 Å². The van der Waals surface area contributed by atoms with Crippen molar-refractivity contribution in [3.05, 3.63) is 37.3 Å². The number of hydrogen-bond donors (Lipinski definition) is 1. The highest BCUT2D eigenvalue weighted by molar-refractivity contribution is 7.98. The van der Waals surface area contributed by atoms with Crippen molar-refractivity contribution in [1.82, 2.24) is 25.1 Å². The van der Waals surface area contributed by atoms with Crippen LogP contribution in [0.4, 0.5) is 0 Å². The SMILES string of the molecule is Cc1nc(C)c(-c2nnc(SCc3nc4sc5c(c4c(=O)[nH]3)CCC5)o2)s1. The Balaban J connectivity index is 1.37. The van der Waals surface area contributed by atoms with E-state index in [1.165, 1.54) is 33.5 Å². The lowest BCUT2D eigenvalue weighted by atomic mass is 10.2. The Kier molecular flexibility index (Phi) is 4.14. The molecule has 1 N–H and O–H groups in total. The number of fused-ring (bicyclic) bond motifs is 3. The Morgan fingerprint density at radius 2 is 2.07 bits per heavy atom. The van der Waals surface area contributed by atoms with Gasteiger partial charge in [-0.05, 0) is 38.7 Å². The van der Waals surface area contributed by atoms with E-state index in [2.05, 4.69) is 25.1 Å². The van der Waals surface area contributed by atoms with Crippen LogP contribution in [0.25, 0.3) is 21.0 Å². The van der Waals surface area contributed by atoms with E-state index in [9.17, 15) is 4.79 Å². The fourth-order valence-corrected chi connectivity index (χ4v) is 6.09. The molecule has 0 aromatic carbocycles. The van der Waals surface area contributed by atoms with Crippen LogP contribution in [0.3, 0.4) is 0 Å². The van der Waals surface area contributed by atoms with E-state index < -0.39 is 0 Å². The Labute approximate surface area is 166 Å². The molecule has 7 nitrogen and oxygen atoms in total. The average Bonchev–Trinajstić information content (AvgIpc) is 3.36. The minimum Gasteiger partial charge on any atom is -0.410 e. The molecule has 27 heavy (non-hydrogen) atoms. The first-order valence-corrected chi connectivity index (χ1v) is 11.1. The topological polar surface area (TPSA) is 97.6 Å². The monoisotopic (exact) mass is 417 g/mol. The summed E-state index contributed by atoms with van der Waals surface area (Å²) in [6.45, 7) is 3.88. The maximum absolute atomic E-state index is 12.5. The number of aromatic nitrogens is 5. The molecular weight excluding hydrogens is 402 g/mol. The van der Waals surface area contributed by atoms with Gasteiger partial charge in [0.15, 0.2) is 0 Å². The third-order valence-electron chi connectivity index (χ3n) is 4.46. The van der Waals surface area contributed by atoms with Crippen LogP contribution in [0.1, 0.15) is 33.4 Å². The molecule has 5 rings (SSSR count). The standard InChI is InChI=1S/C17H15N5O2S3/c1-7-13(26-8(2)18-7)15-21-22-17(24-15)25-6-11-19-14(23)12-9-4-3-5-10(9)27-16(12)20-11/h3-6H2,1-2H3,(H,19,20,23). The van der Waals surface area contributed by atoms with E-state index in [-0.39, 0.29) is 5.56 Å². The summed E-state index contributed by atoms with van der Waals surface area (Å²) >= 11 is 4.54. The number of aromatic amines is 1. The maximum Gasteiger partial charge on any atom is 0.277 e. The second kappa shape index (κ2) is 6.54. The van der Waals surface area contributed by atoms with Crippen molar-refractivity contribution < 1.29 is 4.42 Å². The lowest BCUT2D eigenvalue weighted by Crippen LogP contribution is -2.11. The van der Waals surface area contributed by atoms with E-state index in [4.69, 9.17) is 4.42 Å². The van der Waals surface area contributed by atoms with Gasteiger partial charge in [-0.15, -0.1) is 32.9 Å². The molecule has 0 aliphatic heterocycles. The molecule has 0 saturated carbocycles. The molecule has 10 heteroatoms. The summed E-state index contributed by atoms with van der Waals surface area (Å²) in [7, 11) is 0. The van der Waals surface area contributed by atoms with Gasteiger partial charge in [-0.1, -0.05) is 11.8 Å². The molecule has 0 bridgehead atoms. The molecule has 1 aliphatic carbocycles. The zero-order valence-electron chi connectivity index (χ0n) is 14.7. The molecular formula is C17H15N5O2S3. The molecule has 4 heterocycles. The molecule has 0 saturated heterocycles. The van der Waals surface area contributed by atoms with Gasteiger partial charge in [-0.25, -0.2) is 9.97 Å². The molecule has 4 aromatic heterocycles. The molecule has 0 unspecified atom stereocenters. The number of H-pyrrole nitrogens is 1. The third kappa shape index (κ3) is 3.01. The van der Waals surface area contributed by atoms with Crippen LogP contribution in [-0.2, 0) is 18.6 Å². The van der Waals surface area contributed by atoms with E-state index in [0.717, 1.165) is 45.1 Å². The van der Waals surface area contributed by atoms with E-state index >= 15 is 0 Å². The van der Waals surface area contributed by atoms with Gasteiger partial charge < -0.3 is 9.40 Å². The van der Waals surface area contributed by atoms with Crippen LogP contribution >= 0.6 is 34.4 Å². The zero-order chi connectivity index (χ0) is 18.5. The predicted molar refractivity (Wildman–Crippen MR) is 107 cm³/mol. The summed E-state index contributed by atoms with van der Waals surface area (Å²) in [5, 5.41) is 10.4. The van der Waals surface area contributed by atoms with Gasteiger partial charge in [0.1, 0.15) is 15.5 Å². The summed E-state index contributed by atoms with van der Waals surface area (Å²) in [5.74, 6) is 1.57. The third-order valence-corrected chi connectivity index (χ3v) is 7.54. The molecule has 4 aromatic rings. The predicted octanol–water partition coefficient (Wildman–Crippen LogP) is 3.89. The maximum atomic E-state index is 12.5. The molecule has 0 radical (unpaired) electrons. The zero-order valence-corrected chi connectivity index (χ0v) is 17.1. The Morgan fingerprint density at radius 1 is 1.19 bits per heavy atom. The number of aryl methyl sites for hydroxylation is 4. The van der Waals surface area contributed by atoms with Crippen molar-refractivity contribution in [3.8, 4) is 10.8 Å². The summed E-state index contributed by atoms with van der Waals surface area (Å²) in [6.07, 6.45) is 3.17. The quantitative estimate of drug-likeness (QED) is 0.503. The Bertz CT molecular complexity index is 1220. The smallest absolute Gasteiger partial charge is 0.277 e. The molecule has 138 valence electrons. The summed E-state index contributed by atoms with van der Waals surface area (Å²) in [5.41, 5.74) is 2.04. The van der Waals surface area contributed by atoms with Crippen molar-refractivity contribution >= 4 is 44.7 Å². The summed E-state index contributed by atoms with van der Waals surface area (Å²) in [6, 6.07) is 0. The van der Waals surface area contributed by atoms with Crippen molar-refractivity contribution in [2.24, 2.45) is 0 Å². The number of hydrogen-bond acceptors (Lipinski definition) is 9. The van der Waals surface area contributed by atoms with E-state index in [1.807, 2.05) is 13.8 Å². The number of thiazole rings is 1. The highest BCUT2D eigenvalue weighted by Crippen LogP contribution is 2.35. The van der Waals surface area contributed by atoms with Gasteiger partial charge in [-0.2, -0.15) is 0 Å². The van der Waals surface area contributed by atoms with Crippen LogP contribution in [0.15, 0.2) is 14.4 Å². The first-order chi connectivity index (χ1) is 13.1. The largest absolute Gasteiger partial charge is 0.410 e. The van der Waals surface area contributed by atoms with Gasteiger partial charge >= 0.3 is 0 Å². The molecule has 1 aliphatic rings. The highest BCUT2D eigenvalue weighted by Gasteiger charge is 2.21. The summed E-state index contributed by atoms with van der Waals surface area (Å²) in [4.78, 5) is 27.5. The number of thiophene rings is 1. The van der Waals surface area contributed by atoms with Gasteiger partial charge in [0.25, 0.3) is 16.7 Å². The van der Waals surface area contributed by atoms with Crippen molar-refractivity contribution in [1.29, 1.82) is 0 Å². The highest BCUT2D eigenvalue weighted by atomic mass is 32.2. The Hall–Kier alpha value is -2.04. The fourth-order valence-electron chi connectivity index (χ4n) is 3.33. The normalized spacial score (nSPS) is 13.6. The first kappa shape index (κ1) is 17.1. The number of nitrogens with one attached hydrogen (secondary N) is 1. The molecule has 0 fully saturated rings. The van der Waals surface area contributed by atoms with Gasteiger partial charge in [0, 0.05) is 4.88 Å². The second-order valence-corrected chi connectivity index (χ2v) is 9.57. The van der Waals surface area contributed by atoms with Gasteiger partial charge in [-0.3, -0.25) is 4.79 Å². The van der Waals surface area contributed by atoms with Gasteiger partial charge in [0.05, 0.1) is 21.8 Å². The lowest BCUT2D eigenvalue weighted by molar-refractivity contribution is 0.466. The molecule has 0 amide bonds. The van der Waals surface area contributed by atoms with Crippen LogP contribution < -0.4 is 5.56 Å². The fraction of sp³-hybridized carbons (Fsp3) is 0.353. The molecule has 0 spiro atoms. The van der Waals surface area contributed by atoms with Crippen LogP contribution in [0, 0.1) is 13.8 Å². The van der Waals surface area contributed by atoms with E-state index in [0.29, 0.717) is 22.7 Å². The second-order valence-electron chi connectivity index (χ2n) is 6.36. The van der Waals surface area contributed by atoms with Crippen LogP contribution in [-0.4, -0.2) is 25.1 Å². The lowest BCUT2D eigenvalue weighted by Gasteiger charge is -1.99. The Morgan fingerprint density at radius 3 is 2.89 bits per heavy atom. The average molecular weight is 418 g/mol. The minimum absolute atomic E-state index is 0.0445. The van der Waals surface area contributed by atoms with Crippen LogP contribution in [0.5, 0.6) is 0 Å². The van der Waals surface area contributed by atoms with Crippen molar-refractivity contribution in [2.75, 3.05) is 0 Å². The molecule has 0 atom stereocenters. The summed E-state index contributed by atoms with van der Waals surface area (Å²) < 4.78 is 5.75. The number of nitrogens with zero attached hydrogens (tertiary/aromatic N) is 4. The van der Waals surface area contributed by atoms with Gasteiger partial charge in [0.2, 0.25) is 0 Å². The van der Waals surface area contributed by atoms with Crippen LogP contribution in [0.2, 0.25) is 0 Å². The van der Waals surface area contributed by atoms with E-state index in [1.54, 1.807) is 11.3 Å². The minimum atomic E-state index is -0.0445.